The number of amides is 3. The van der Waals surface area contributed by atoms with Crippen molar-refractivity contribution in [1.29, 1.82) is 0 Å². The predicted octanol–water partition coefficient (Wildman–Crippen LogP) is 7.94. The van der Waals surface area contributed by atoms with Crippen LogP contribution in [0, 0.1) is 0 Å². The molecule has 0 bridgehead atoms. The monoisotopic (exact) mass is 721 g/mol. The van der Waals surface area contributed by atoms with Gasteiger partial charge in [-0.1, -0.05) is 78.3 Å². The molecule has 0 radical (unpaired) electrons. The summed E-state index contributed by atoms with van der Waals surface area (Å²) >= 11 is 7.25. The number of anilines is 2. The average molecular weight is 722 g/mol. The topological polar surface area (TPSA) is 143 Å². The van der Waals surface area contributed by atoms with E-state index in [1.165, 1.54) is 50.3 Å². The fourth-order valence-electron chi connectivity index (χ4n) is 4.98. The first-order chi connectivity index (χ1) is 24.7. The summed E-state index contributed by atoms with van der Waals surface area (Å²) in [4.78, 5) is 52.9. The van der Waals surface area contributed by atoms with Crippen LogP contribution in [0.4, 0.5) is 11.4 Å². The van der Waals surface area contributed by atoms with Crippen LogP contribution in [0.3, 0.4) is 0 Å². The zero-order valence-electron chi connectivity index (χ0n) is 27.4. The average Bonchev–Trinajstić information content (AvgIpc) is 3.14. The second kappa shape index (κ2) is 17.1. The molecule has 10 nitrogen and oxygen atoms in total. The molecule has 0 aliphatic carbocycles. The van der Waals surface area contributed by atoms with Gasteiger partial charge in [0.25, 0.3) is 11.8 Å². The molecule has 1 atom stereocenters. The van der Waals surface area contributed by atoms with Crippen molar-refractivity contribution >= 4 is 64.5 Å². The van der Waals surface area contributed by atoms with Crippen molar-refractivity contribution in [1.82, 2.24) is 5.32 Å². The predicted molar refractivity (Wildman–Crippen MR) is 199 cm³/mol. The standard InChI is InChI=1S/C39H32ClN3O7S/c1-49-33-18-9-15-26(34(33)50-2)21-32(43-36(44)25-13-7-4-8-14-25)37(45)41-27-16-10-17-29(22-27)51-35(24-11-5-3-6-12-24)38(46)42-28-19-20-31(40)30(23-28)39(47)48/h3-23,35H,1-2H3,(H,41,45)(H,42,46)(H,43,44)(H,47,48)/b32-21+. The van der Waals surface area contributed by atoms with Crippen molar-refractivity contribution in [3.63, 3.8) is 0 Å². The molecule has 4 N–H and O–H groups in total. The highest BCUT2D eigenvalue weighted by Crippen LogP contribution is 2.38. The number of aromatic carboxylic acids is 1. The highest BCUT2D eigenvalue weighted by Gasteiger charge is 2.24. The Bertz CT molecular complexity index is 2090. The first-order valence-electron chi connectivity index (χ1n) is 15.4. The molecule has 5 aromatic rings. The summed E-state index contributed by atoms with van der Waals surface area (Å²) in [5.74, 6) is -1.90. The van der Waals surface area contributed by atoms with Crippen LogP contribution < -0.4 is 25.4 Å². The van der Waals surface area contributed by atoms with Gasteiger partial charge in [0.05, 0.1) is 24.8 Å². The molecule has 258 valence electrons. The third kappa shape index (κ3) is 9.35. The molecule has 0 heterocycles. The third-order valence-electron chi connectivity index (χ3n) is 7.41. The zero-order chi connectivity index (χ0) is 36.3. The fraction of sp³-hybridized carbons (Fsp3) is 0.0769. The van der Waals surface area contributed by atoms with Gasteiger partial charge in [-0.25, -0.2) is 4.79 Å². The Kier molecular flexibility index (Phi) is 12.1. The summed E-state index contributed by atoms with van der Waals surface area (Å²) < 4.78 is 11.0. The van der Waals surface area contributed by atoms with Gasteiger partial charge in [-0.15, -0.1) is 11.8 Å². The third-order valence-corrected chi connectivity index (χ3v) is 8.99. The van der Waals surface area contributed by atoms with E-state index in [1.54, 1.807) is 72.8 Å². The quantitative estimate of drug-likeness (QED) is 0.0709. The van der Waals surface area contributed by atoms with Gasteiger partial charge in [-0.2, -0.15) is 0 Å². The van der Waals surface area contributed by atoms with E-state index in [-0.39, 0.29) is 22.0 Å². The van der Waals surface area contributed by atoms with Crippen molar-refractivity contribution in [2.24, 2.45) is 0 Å². The first kappa shape index (κ1) is 36.2. The molecule has 1 unspecified atom stereocenters. The molecule has 0 spiro atoms. The van der Waals surface area contributed by atoms with Crippen molar-refractivity contribution in [3.05, 3.63) is 154 Å². The number of nitrogens with one attached hydrogen (secondary N) is 3. The van der Waals surface area contributed by atoms with Gasteiger partial charge < -0.3 is 30.5 Å². The summed E-state index contributed by atoms with van der Waals surface area (Å²) in [7, 11) is 2.98. The number of halogens is 1. The molecule has 12 heteroatoms. The van der Waals surface area contributed by atoms with Crippen LogP contribution in [0.25, 0.3) is 6.08 Å². The number of hydrogen-bond donors (Lipinski definition) is 4. The second-order valence-corrected chi connectivity index (χ2v) is 12.4. The highest BCUT2D eigenvalue weighted by molar-refractivity contribution is 8.00. The molecule has 0 fully saturated rings. The molecule has 0 aliphatic heterocycles. The number of ether oxygens (including phenoxy) is 2. The molecule has 0 saturated carbocycles. The van der Waals surface area contributed by atoms with E-state index >= 15 is 0 Å². The number of methoxy groups -OCH3 is 2. The Morgan fingerprint density at radius 2 is 1.45 bits per heavy atom. The Labute approximate surface area is 303 Å². The van der Waals surface area contributed by atoms with Gasteiger partial charge in [0.1, 0.15) is 10.9 Å². The maximum absolute atomic E-state index is 13.8. The van der Waals surface area contributed by atoms with Gasteiger partial charge in [0.15, 0.2) is 11.5 Å². The van der Waals surface area contributed by atoms with Crippen LogP contribution in [0.1, 0.15) is 37.1 Å². The van der Waals surface area contributed by atoms with E-state index in [9.17, 15) is 24.3 Å². The molecule has 51 heavy (non-hydrogen) atoms. The SMILES string of the molecule is COc1cccc(/C=C(/NC(=O)c2ccccc2)C(=O)Nc2cccc(SC(C(=O)Nc3ccc(Cl)c(C(=O)O)c3)c3ccccc3)c2)c1OC. The van der Waals surface area contributed by atoms with Crippen LogP contribution in [0.2, 0.25) is 5.02 Å². The minimum Gasteiger partial charge on any atom is -0.493 e. The summed E-state index contributed by atoms with van der Waals surface area (Å²) in [6.07, 6.45) is 1.50. The van der Waals surface area contributed by atoms with Gasteiger partial charge in [-0.05, 0) is 66.2 Å². The van der Waals surface area contributed by atoms with E-state index in [2.05, 4.69) is 16.0 Å². The van der Waals surface area contributed by atoms with Crippen molar-refractivity contribution in [2.45, 2.75) is 10.1 Å². The van der Waals surface area contributed by atoms with Crippen molar-refractivity contribution in [3.8, 4) is 11.5 Å². The van der Waals surface area contributed by atoms with Gasteiger partial charge in [0, 0.05) is 27.4 Å². The Morgan fingerprint density at radius 3 is 2.14 bits per heavy atom. The number of carbonyl (C=O) groups is 4. The lowest BCUT2D eigenvalue weighted by atomic mass is 10.1. The number of hydrogen-bond acceptors (Lipinski definition) is 7. The Morgan fingerprint density at radius 1 is 0.765 bits per heavy atom. The van der Waals surface area contributed by atoms with E-state index < -0.39 is 28.9 Å². The number of thioether (sulfide) groups is 1. The minimum atomic E-state index is -1.22. The second-order valence-electron chi connectivity index (χ2n) is 10.8. The van der Waals surface area contributed by atoms with Gasteiger partial charge in [0.2, 0.25) is 5.91 Å². The normalized spacial score (nSPS) is 11.5. The Balaban J connectivity index is 1.42. The van der Waals surface area contributed by atoms with Crippen molar-refractivity contribution in [2.75, 3.05) is 24.9 Å². The minimum absolute atomic E-state index is 0.0496. The lowest BCUT2D eigenvalue weighted by Gasteiger charge is -2.18. The van der Waals surface area contributed by atoms with E-state index in [4.69, 9.17) is 21.1 Å². The number of carbonyl (C=O) groups excluding carboxylic acids is 3. The maximum Gasteiger partial charge on any atom is 0.337 e. The van der Waals surface area contributed by atoms with Gasteiger partial charge in [-0.3, -0.25) is 14.4 Å². The largest absolute Gasteiger partial charge is 0.493 e. The number of para-hydroxylation sites is 1. The molecule has 5 aromatic carbocycles. The Hall–Kier alpha value is -6.04. The molecule has 3 amide bonds. The fourth-order valence-corrected chi connectivity index (χ4v) is 6.26. The van der Waals surface area contributed by atoms with Crippen LogP contribution in [-0.2, 0) is 9.59 Å². The smallest absolute Gasteiger partial charge is 0.337 e. The highest BCUT2D eigenvalue weighted by atomic mass is 35.5. The number of carboxylic acids is 1. The number of carboxylic acid groups (broad SMARTS) is 1. The van der Waals surface area contributed by atoms with Crippen LogP contribution in [-0.4, -0.2) is 43.0 Å². The molecular weight excluding hydrogens is 690 g/mol. The van der Waals surface area contributed by atoms with E-state index in [0.29, 0.717) is 38.8 Å². The van der Waals surface area contributed by atoms with Gasteiger partial charge >= 0.3 is 5.97 Å². The molecule has 0 aliphatic rings. The number of rotatable bonds is 13. The summed E-state index contributed by atoms with van der Waals surface area (Å²) in [6, 6.07) is 33.9. The molecular formula is C39H32ClN3O7S. The lowest BCUT2D eigenvalue weighted by molar-refractivity contribution is -0.116. The van der Waals surface area contributed by atoms with E-state index in [0.717, 1.165) is 0 Å². The number of benzene rings is 5. The van der Waals surface area contributed by atoms with Crippen LogP contribution in [0.5, 0.6) is 11.5 Å². The lowest BCUT2D eigenvalue weighted by Crippen LogP contribution is -2.30. The molecule has 5 rings (SSSR count). The van der Waals surface area contributed by atoms with Crippen LogP contribution in [0.15, 0.2) is 132 Å². The molecule has 0 aromatic heterocycles. The maximum atomic E-state index is 13.8. The molecule has 0 saturated heterocycles. The van der Waals surface area contributed by atoms with Crippen molar-refractivity contribution < 1.29 is 33.8 Å². The first-order valence-corrected chi connectivity index (χ1v) is 16.7. The van der Waals surface area contributed by atoms with Crippen LogP contribution >= 0.6 is 23.4 Å². The van der Waals surface area contributed by atoms with E-state index in [1.807, 2.05) is 30.3 Å². The summed E-state index contributed by atoms with van der Waals surface area (Å²) in [6.45, 7) is 0. The zero-order valence-corrected chi connectivity index (χ0v) is 29.0. The summed E-state index contributed by atoms with van der Waals surface area (Å²) in [5, 5.41) is 17.1. The summed E-state index contributed by atoms with van der Waals surface area (Å²) in [5.41, 5.74) is 2.02.